The Hall–Kier alpha value is -1.75. The second-order valence-corrected chi connectivity index (χ2v) is 4.10. The van der Waals surface area contributed by atoms with Crippen LogP contribution in [0.3, 0.4) is 0 Å². The molecule has 0 unspecified atom stereocenters. The number of carbonyl (C=O) groups excluding carboxylic acids is 1. The number of aryl methyl sites for hydroxylation is 1. The molecule has 0 aromatic heterocycles. The highest BCUT2D eigenvalue weighted by atomic mass is 16.5. The molecule has 1 atom stereocenters. The van der Waals surface area contributed by atoms with Crippen LogP contribution in [0, 0.1) is 6.92 Å². The SMILES string of the molecule is Cc1ccccc1OCCNC(=O)N[C@@H](C)CO. The van der Waals surface area contributed by atoms with Crippen LogP contribution in [0.15, 0.2) is 24.3 Å². The number of rotatable bonds is 6. The Morgan fingerprint density at radius 2 is 2.17 bits per heavy atom. The van der Waals surface area contributed by atoms with E-state index in [0.717, 1.165) is 11.3 Å². The molecule has 0 aliphatic heterocycles. The molecule has 1 aromatic carbocycles. The van der Waals surface area contributed by atoms with E-state index in [1.807, 2.05) is 31.2 Å². The third-order valence-corrected chi connectivity index (χ3v) is 2.39. The summed E-state index contributed by atoms with van der Waals surface area (Å²) in [4.78, 5) is 11.3. The van der Waals surface area contributed by atoms with Gasteiger partial charge in [0, 0.05) is 0 Å². The van der Waals surface area contributed by atoms with Crippen LogP contribution < -0.4 is 15.4 Å². The Labute approximate surface area is 107 Å². The van der Waals surface area contributed by atoms with Gasteiger partial charge in [-0.2, -0.15) is 0 Å². The Morgan fingerprint density at radius 1 is 1.44 bits per heavy atom. The molecule has 1 aromatic rings. The molecule has 5 heteroatoms. The summed E-state index contributed by atoms with van der Waals surface area (Å²) in [5.74, 6) is 0.823. The molecule has 1 rings (SSSR count). The zero-order valence-corrected chi connectivity index (χ0v) is 10.8. The lowest BCUT2D eigenvalue weighted by Crippen LogP contribution is -2.43. The Balaban J connectivity index is 2.19. The summed E-state index contributed by atoms with van der Waals surface area (Å²) in [5.41, 5.74) is 1.07. The van der Waals surface area contributed by atoms with Gasteiger partial charge in [0.1, 0.15) is 12.4 Å². The first kappa shape index (κ1) is 14.3. The molecule has 0 fully saturated rings. The molecule has 0 bridgehead atoms. The molecule has 3 N–H and O–H groups in total. The second-order valence-electron chi connectivity index (χ2n) is 4.10. The summed E-state index contributed by atoms with van der Waals surface area (Å²) < 4.78 is 5.53. The van der Waals surface area contributed by atoms with Gasteiger partial charge in [-0.3, -0.25) is 0 Å². The minimum absolute atomic E-state index is 0.0763. The summed E-state index contributed by atoms with van der Waals surface area (Å²) in [7, 11) is 0. The first-order valence-corrected chi connectivity index (χ1v) is 5.97. The summed E-state index contributed by atoms with van der Waals surface area (Å²) in [5, 5.41) is 14.0. The number of benzene rings is 1. The third-order valence-electron chi connectivity index (χ3n) is 2.39. The van der Waals surface area contributed by atoms with Crippen molar-refractivity contribution in [3.05, 3.63) is 29.8 Å². The molecule has 0 aliphatic carbocycles. The topological polar surface area (TPSA) is 70.6 Å². The number of hydrogen-bond acceptors (Lipinski definition) is 3. The van der Waals surface area contributed by atoms with Crippen LogP contribution >= 0.6 is 0 Å². The van der Waals surface area contributed by atoms with Gasteiger partial charge in [-0.05, 0) is 25.5 Å². The predicted octanol–water partition coefficient (Wildman–Crippen LogP) is 1.05. The van der Waals surface area contributed by atoms with Crippen molar-refractivity contribution in [1.82, 2.24) is 10.6 Å². The summed E-state index contributed by atoms with van der Waals surface area (Å²) in [6.45, 7) is 4.44. The van der Waals surface area contributed by atoms with Crippen LogP contribution in [0.5, 0.6) is 5.75 Å². The summed E-state index contributed by atoms with van der Waals surface area (Å²) in [6, 6.07) is 7.17. The van der Waals surface area contributed by atoms with Gasteiger partial charge >= 0.3 is 6.03 Å². The number of hydrogen-bond donors (Lipinski definition) is 3. The minimum atomic E-state index is -0.301. The zero-order chi connectivity index (χ0) is 13.4. The van der Waals surface area contributed by atoms with E-state index in [-0.39, 0.29) is 18.7 Å². The third kappa shape index (κ3) is 5.05. The van der Waals surface area contributed by atoms with E-state index in [1.54, 1.807) is 6.92 Å². The van der Waals surface area contributed by atoms with Crippen LogP contribution in [0.2, 0.25) is 0 Å². The van der Waals surface area contributed by atoms with E-state index >= 15 is 0 Å². The van der Waals surface area contributed by atoms with Gasteiger partial charge in [-0.25, -0.2) is 4.79 Å². The van der Waals surface area contributed by atoms with Crippen molar-refractivity contribution < 1.29 is 14.6 Å². The van der Waals surface area contributed by atoms with Gasteiger partial charge in [0.25, 0.3) is 0 Å². The van der Waals surface area contributed by atoms with Crippen molar-refractivity contribution in [2.45, 2.75) is 19.9 Å². The average molecular weight is 252 g/mol. The van der Waals surface area contributed by atoms with Crippen molar-refractivity contribution in [3.8, 4) is 5.75 Å². The quantitative estimate of drug-likeness (QED) is 0.663. The monoisotopic (exact) mass is 252 g/mol. The molecule has 5 nitrogen and oxygen atoms in total. The predicted molar refractivity (Wildman–Crippen MR) is 69.8 cm³/mol. The van der Waals surface area contributed by atoms with Crippen LogP contribution in [-0.2, 0) is 0 Å². The van der Waals surface area contributed by atoms with Gasteiger partial charge in [0.2, 0.25) is 0 Å². The summed E-state index contributed by atoms with van der Waals surface area (Å²) >= 11 is 0. The number of aliphatic hydroxyl groups excluding tert-OH is 1. The second kappa shape index (κ2) is 7.55. The lowest BCUT2D eigenvalue weighted by molar-refractivity contribution is 0.217. The molecule has 0 saturated heterocycles. The van der Waals surface area contributed by atoms with Crippen LogP contribution in [0.4, 0.5) is 4.79 Å². The van der Waals surface area contributed by atoms with Crippen LogP contribution in [-0.4, -0.2) is 36.9 Å². The fourth-order valence-electron chi connectivity index (χ4n) is 1.36. The van der Waals surface area contributed by atoms with Gasteiger partial charge in [-0.1, -0.05) is 18.2 Å². The highest BCUT2D eigenvalue weighted by molar-refractivity contribution is 5.74. The smallest absolute Gasteiger partial charge is 0.315 e. The number of amides is 2. The van der Waals surface area contributed by atoms with E-state index in [1.165, 1.54) is 0 Å². The molecule has 0 spiro atoms. The molecule has 0 heterocycles. The average Bonchev–Trinajstić information content (AvgIpc) is 2.36. The van der Waals surface area contributed by atoms with E-state index < -0.39 is 0 Å². The molecular formula is C13H20N2O3. The molecular weight excluding hydrogens is 232 g/mol. The zero-order valence-electron chi connectivity index (χ0n) is 10.8. The van der Waals surface area contributed by atoms with Crippen molar-refractivity contribution in [3.63, 3.8) is 0 Å². The van der Waals surface area contributed by atoms with Gasteiger partial charge in [0.05, 0.1) is 19.2 Å². The Morgan fingerprint density at radius 3 is 2.83 bits per heavy atom. The molecule has 18 heavy (non-hydrogen) atoms. The maximum atomic E-state index is 11.3. The number of urea groups is 1. The van der Waals surface area contributed by atoms with Crippen molar-refractivity contribution in [1.29, 1.82) is 0 Å². The van der Waals surface area contributed by atoms with Crippen molar-refractivity contribution in [2.75, 3.05) is 19.8 Å². The Bertz CT molecular complexity index is 382. The van der Waals surface area contributed by atoms with Crippen molar-refractivity contribution >= 4 is 6.03 Å². The van der Waals surface area contributed by atoms with E-state index in [4.69, 9.17) is 9.84 Å². The first-order valence-electron chi connectivity index (χ1n) is 5.97. The first-order chi connectivity index (χ1) is 8.63. The van der Waals surface area contributed by atoms with Crippen molar-refractivity contribution in [2.24, 2.45) is 0 Å². The lowest BCUT2D eigenvalue weighted by Gasteiger charge is -2.13. The highest BCUT2D eigenvalue weighted by Crippen LogP contribution is 2.15. The molecule has 100 valence electrons. The van der Waals surface area contributed by atoms with Crippen LogP contribution in [0.1, 0.15) is 12.5 Å². The fraction of sp³-hybridized carbons (Fsp3) is 0.462. The van der Waals surface area contributed by atoms with E-state index in [9.17, 15) is 4.79 Å². The molecule has 0 saturated carbocycles. The van der Waals surface area contributed by atoms with Gasteiger partial charge < -0.3 is 20.5 Å². The van der Waals surface area contributed by atoms with E-state index in [2.05, 4.69) is 10.6 Å². The van der Waals surface area contributed by atoms with Gasteiger partial charge in [0.15, 0.2) is 0 Å². The Kier molecular flexibility index (Phi) is 6.00. The van der Waals surface area contributed by atoms with E-state index in [0.29, 0.717) is 13.2 Å². The standard InChI is InChI=1S/C13H20N2O3/c1-10-5-3-4-6-12(10)18-8-7-14-13(17)15-11(2)9-16/h3-6,11,16H,7-9H2,1-2H3,(H2,14,15,17)/t11-/m0/s1. The minimum Gasteiger partial charge on any atom is -0.491 e. The van der Waals surface area contributed by atoms with Crippen LogP contribution in [0.25, 0.3) is 0 Å². The molecule has 0 radical (unpaired) electrons. The number of aliphatic hydroxyl groups is 1. The normalized spacial score (nSPS) is 11.7. The number of nitrogens with one attached hydrogen (secondary N) is 2. The highest BCUT2D eigenvalue weighted by Gasteiger charge is 2.04. The summed E-state index contributed by atoms with van der Waals surface area (Å²) in [6.07, 6.45) is 0. The fourth-order valence-corrected chi connectivity index (χ4v) is 1.36. The lowest BCUT2D eigenvalue weighted by atomic mass is 10.2. The number of para-hydroxylation sites is 1. The maximum absolute atomic E-state index is 11.3. The largest absolute Gasteiger partial charge is 0.491 e. The van der Waals surface area contributed by atoms with Gasteiger partial charge in [-0.15, -0.1) is 0 Å². The number of carbonyl (C=O) groups is 1. The maximum Gasteiger partial charge on any atom is 0.315 e. The number of ether oxygens (including phenoxy) is 1. The molecule has 0 aliphatic rings. The molecule has 2 amide bonds.